The molecule has 0 atom stereocenters. The lowest BCUT2D eigenvalue weighted by atomic mass is 10.2. The van der Waals surface area contributed by atoms with Gasteiger partial charge in [-0.25, -0.2) is 17.5 Å². The quantitative estimate of drug-likeness (QED) is 0.825. The monoisotopic (exact) mass is 352 g/mol. The average Bonchev–Trinajstić information content (AvgIpc) is 2.31. The summed E-state index contributed by atoms with van der Waals surface area (Å²) in [6.07, 6.45) is 0. The van der Waals surface area contributed by atoms with Gasteiger partial charge in [0.1, 0.15) is 10.7 Å². The van der Waals surface area contributed by atoms with Crippen molar-refractivity contribution in [3.63, 3.8) is 0 Å². The van der Waals surface area contributed by atoms with Crippen LogP contribution in [-0.4, -0.2) is 22.0 Å². The van der Waals surface area contributed by atoms with Crippen molar-refractivity contribution < 1.29 is 12.8 Å². The highest BCUT2D eigenvalue weighted by molar-refractivity contribution is 9.10. The molecule has 0 unspecified atom stereocenters. The Bertz CT molecular complexity index is 547. The van der Waals surface area contributed by atoms with Gasteiger partial charge in [-0.3, -0.25) is 0 Å². The third-order valence-corrected chi connectivity index (χ3v) is 4.30. The molecule has 0 radical (unpaired) electrons. The molecule has 4 nitrogen and oxygen atoms in total. The summed E-state index contributed by atoms with van der Waals surface area (Å²) in [6, 6.07) is 2.84. The van der Waals surface area contributed by atoms with E-state index >= 15 is 0 Å². The zero-order valence-corrected chi connectivity index (χ0v) is 13.5. The molecule has 0 aromatic heterocycles. The van der Waals surface area contributed by atoms with Gasteiger partial charge in [0.2, 0.25) is 10.0 Å². The molecule has 0 aliphatic carbocycles. The van der Waals surface area contributed by atoms with Crippen molar-refractivity contribution in [3.8, 4) is 0 Å². The molecule has 0 heterocycles. The number of sulfonamides is 1. The Morgan fingerprint density at radius 3 is 2.53 bits per heavy atom. The van der Waals surface area contributed by atoms with E-state index in [-0.39, 0.29) is 23.9 Å². The van der Waals surface area contributed by atoms with Crippen molar-refractivity contribution >= 4 is 26.0 Å². The van der Waals surface area contributed by atoms with Gasteiger partial charge in [0.25, 0.3) is 0 Å². The lowest BCUT2D eigenvalue weighted by molar-refractivity contribution is 0.536. The lowest BCUT2D eigenvalue weighted by Crippen LogP contribution is -2.28. The molecule has 0 spiro atoms. The molecule has 108 valence electrons. The van der Waals surface area contributed by atoms with Crippen LogP contribution in [0.4, 0.5) is 4.39 Å². The maximum absolute atomic E-state index is 14.2. The normalized spacial score (nSPS) is 12.1. The number of hydrogen-bond donors (Lipinski definition) is 2. The van der Waals surface area contributed by atoms with Crippen molar-refractivity contribution in [2.75, 3.05) is 13.6 Å². The topological polar surface area (TPSA) is 58.2 Å². The first-order chi connectivity index (χ1) is 8.77. The fourth-order valence-electron chi connectivity index (χ4n) is 1.49. The molecule has 19 heavy (non-hydrogen) atoms. The SMILES string of the molecule is CNCc1cc(Br)cc(S(=O)(=O)NCC(C)C)c1F. The van der Waals surface area contributed by atoms with Crippen LogP contribution in [0.5, 0.6) is 0 Å². The van der Waals surface area contributed by atoms with Crippen molar-refractivity contribution in [1.29, 1.82) is 0 Å². The van der Waals surface area contributed by atoms with E-state index in [9.17, 15) is 12.8 Å². The summed E-state index contributed by atoms with van der Waals surface area (Å²) in [4.78, 5) is -0.326. The Morgan fingerprint density at radius 2 is 2.00 bits per heavy atom. The fraction of sp³-hybridized carbons (Fsp3) is 0.500. The molecule has 0 aliphatic rings. The molecule has 0 aliphatic heterocycles. The van der Waals surface area contributed by atoms with Gasteiger partial charge in [-0.2, -0.15) is 0 Å². The van der Waals surface area contributed by atoms with Gasteiger partial charge >= 0.3 is 0 Å². The summed E-state index contributed by atoms with van der Waals surface area (Å²) in [6.45, 7) is 4.30. The van der Waals surface area contributed by atoms with Gasteiger partial charge in [-0.1, -0.05) is 29.8 Å². The molecule has 1 aromatic carbocycles. The van der Waals surface area contributed by atoms with E-state index in [1.807, 2.05) is 13.8 Å². The zero-order valence-electron chi connectivity index (χ0n) is 11.1. The molecule has 0 fully saturated rings. The Morgan fingerprint density at radius 1 is 1.37 bits per heavy atom. The summed E-state index contributed by atoms with van der Waals surface area (Å²) in [5.74, 6) is -0.560. The lowest BCUT2D eigenvalue weighted by Gasteiger charge is -2.12. The van der Waals surface area contributed by atoms with E-state index in [4.69, 9.17) is 0 Å². The van der Waals surface area contributed by atoms with E-state index in [0.717, 1.165) is 0 Å². The first kappa shape index (κ1) is 16.6. The minimum atomic E-state index is -3.83. The van der Waals surface area contributed by atoms with Crippen LogP contribution in [0.25, 0.3) is 0 Å². The predicted octanol–water partition coefficient (Wildman–Crippen LogP) is 2.24. The van der Waals surface area contributed by atoms with Crippen molar-refractivity contribution in [3.05, 3.63) is 28.0 Å². The summed E-state index contributed by atoms with van der Waals surface area (Å²) in [5, 5.41) is 2.80. The van der Waals surface area contributed by atoms with E-state index in [1.54, 1.807) is 13.1 Å². The van der Waals surface area contributed by atoms with Crippen molar-refractivity contribution in [1.82, 2.24) is 10.0 Å². The van der Waals surface area contributed by atoms with Gasteiger partial charge in [0.05, 0.1) is 0 Å². The van der Waals surface area contributed by atoms with Gasteiger partial charge in [0.15, 0.2) is 0 Å². The number of benzene rings is 1. The second-order valence-electron chi connectivity index (χ2n) is 4.65. The zero-order chi connectivity index (χ0) is 14.6. The summed E-state index contributed by atoms with van der Waals surface area (Å²) in [7, 11) is -2.16. The Hall–Kier alpha value is -0.500. The van der Waals surface area contributed by atoms with Gasteiger partial charge in [-0.05, 0) is 25.1 Å². The van der Waals surface area contributed by atoms with Crippen LogP contribution in [0, 0.1) is 11.7 Å². The van der Waals surface area contributed by atoms with Crippen LogP contribution < -0.4 is 10.0 Å². The van der Waals surface area contributed by atoms with E-state index in [1.165, 1.54) is 6.07 Å². The molecule has 2 N–H and O–H groups in total. The van der Waals surface area contributed by atoms with Gasteiger partial charge in [0, 0.05) is 23.1 Å². The summed E-state index contributed by atoms with van der Waals surface area (Å²) < 4.78 is 41.3. The minimum absolute atomic E-state index is 0.154. The Balaban J connectivity index is 3.18. The molecule has 1 rings (SSSR count). The Kier molecular flexibility index (Phi) is 5.91. The molecule has 0 saturated heterocycles. The maximum Gasteiger partial charge on any atom is 0.243 e. The van der Waals surface area contributed by atoms with Crippen molar-refractivity contribution in [2.45, 2.75) is 25.3 Å². The van der Waals surface area contributed by atoms with E-state index in [0.29, 0.717) is 10.0 Å². The van der Waals surface area contributed by atoms with E-state index in [2.05, 4.69) is 26.0 Å². The standard InChI is InChI=1S/C12H18BrFN2O2S/c1-8(2)6-16-19(17,18)11-5-10(13)4-9(7-15-3)12(11)14/h4-5,8,15-16H,6-7H2,1-3H3. The highest BCUT2D eigenvalue weighted by Gasteiger charge is 2.22. The highest BCUT2D eigenvalue weighted by atomic mass is 79.9. The van der Waals surface area contributed by atoms with Crippen LogP contribution in [0.1, 0.15) is 19.4 Å². The summed E-state index contributed by atoms with van der Waals surface area (Å²) >= 11 is 3.20. The van der Waals surface area contributed by atoms with Crippen LogP contribution in [-0.2, 0) is 16.6 Å². The number of nitrogens with one attached hydrogen (secondary N) is 2. The maximum atomic E-state index is 14.2. The van der Waals surface area contributed by atoms with Crippen LogP contribution >= 0.6 is 15.9 Å². The number of halogens is 2. The second-order valence-corrected chi connectivity index (χ2v) is 7.30. The molecule has 1 aromatic rings. The smallest absolute Gasteiger partial charge is 0.243 e. The van der Waals surface area contributed by atoms with Crippen molar-refractivity contribution in [2.24, 2.45) is 5.92 Å². The van der Waals surface area contributed by atoms with Crippen LogP contribution in [0.2, 0.25) is 0 Å². The molecular formula is C12H18BrFN2O2S. The molecule has 0 bridgehead atoms. The largest absolute Gasteiger partial charge is 0.316 e. The molecule has 7 heteroatoms. The molecule has 0 amide bonds. The second kappa shape index (κ2) is 6.78. The Labute approximate surface area is 122 Å². The third kappa shape index (κ3) is 4.52. The first-order valence-electron chi connectivity index (χ1n) is 5.90. The van der Waals surface area contributed by atoms with Crippen LogP contribution in [0.3, 0.4) is 0 Å². The van der Waals surface area contributed by atoms with Gasteiger partial charge < -0.3 is 5.32 Å². The first-order valence-corrected chi connectivity index (χ1v) is 8.17. The number of hydrogen-bond acceptors (Lipinski definition) is 3. The highest BCUT2D eigenvalue weighted by Crippen LogP contribution is 2.24. The van der Waals surface area contributed by atoms with Crippen LogP contribution in [0.15, 0.2) is 21.5 Å². The summed E-state index contributed by atoms with van der Waals surface area (Å²) in [5.41, 5.74) is 0.307. The molecular weight excluding hydrogens is 335 g/mol. The van der Waals surface area contributed by atoms with Gasteiger partial charge in [-0.15, -0.1) is 0 Å². The molecule has 0 saturated carbocycles. The average molecular weight is 353 g/mol. The fourth-order valence-corrected chi connectivity index (χ4v) is 3.50. The van der Waals surface area contributed by atoms with E-state index < -0.39 is 15.8 Å². The minimum Gasteiger partial charge on any atom is -0.316 e. The third-order valence-electron chi connectivity index (χ3n) is 2.42. The predicted molar refractivity (Wildman–Crippen MR) is 76.9 cm³/mol. The number of rotatable bonds is 6.